The zero-order valence-electron chi connectivity index (χ0n) is 7.67. The fourth-order valence-corrected chi connectivity index (χ4v) is 1.14. The summed E-state index contributed by atoms with van der Waals surface area (Å²) in [4.78, 5) is 16.0. The van der Waals surface area contributed by atoms with Crippen molar-refractivity contribution in [3.05, 3.63) is 0 Å². The van der Waals surface area contributed by atoms with Crippen molar-refractivity contribution in [2.24, 2.45) is 5.92 Å². The van der Waals surface area contributed by atoms with Gasteiger partial charge in [0.25, 0.3) is 0 Å². The normalized spacial score (nSPS) is 17.2. The molecular formula is C8H16N2O2. The third-order valence-corrected chi connectivity index (χ3v) is 2.26. The van der Waals surface area contributed by atoms with Gasteiger partial charge in [-0.3, -0.25) is 9.63 Å². The van der Waals surface area contributed by atoms with E-state index in [-0.39, 0.29) is 5.91 Å². The van der Waals surface area contributed by atoms with Gasteiger partial charge in [0.2, 0.25) is 5.91 Å². The first-order chi connectivity index (χ1) is 5.74. The van der Waals surface area contributed by atoms with Crippen molar-refractivity contribution < 1.29 is 9.63 Å². The van der Waals surface area contributed by atoms with Gasteiger partial charge in [0.1, 0.15) is 0 Å². The summed E-state index contributed by atoms with van der Waals surface area (Å²) in [5.74, 6) is 0.753. The first-order valence-electron chi connectivity index (χ1n) is 4.25. The number of carbonyl (C=O) groups excluding carboxylic acids is 1. The number of nitrogens with zero attached hydrogens (tertiary/aromatic N) is 1. The Bertz CT molecular complexity index is 157. The maximum atomic E-state index is 11.2. The third kappa shape index (κ3) is 2.46. The van der Waals surface area contributed by atoms with Gasteiger partial charge in [-0.15, -0.1) is 0 Å². The second-order valence-corrected chi connectivity index (χ2v) is 3.14. The molecule has 1 N–H and O–H groups in total. The van der Waals surface area contributed by atoms with Crippen LogP contribution in [-0.2, 0) is 9.63 Å². The predicted molar refractivity (Wildman–Crippen MR) is 45.4 cm³/mol. The van der Waals surface area contributed by atoms with Crippen LogP contribution in [0.15, 0.2) is 0 Å². The zero-order chi connectivity index (χ0) is 8.97. The number of hydroxylamine groups is 2. The van der Waals surface area contributed by atoms with Gasteiger partial charge in [-0.2, -0.15) is 0 Å². The molecule has 0 bridgehead atoms. The highest BCUT2D eigenvalue weighted by molar-refractivity contribution is 5.74. The lowest BCUT2D eigenvalue weighted by Crippen LogP contribution is -2.42. The van der Waals surface area contributed by atoms with Gasteiger partial charge in [-0.05, 0) is 25.4 Å². The van der Waals surface area contributed by atoms with E-state index in [1.54, 1.807) is 7.05 Å². The van der Waals surface area contributed by atoms with Crippen LogP contribution in [-0.4, -0.2) is 38.2 Å². The van der Waals surface area contributed by atoms with Crippen molar-refractivity contribution in [3.8, 4) is 0 Å². The van der Waals surface area contributed by atoms with Gasteiger partial charge in [-0.1, -0.05) is 0 Å². The molecule has 0 saturated carbocycles. The molecule has 1 saturated heterocycles. The minimum Gasteiger partial charge on any atom is -0.316 e. The minimum atomic E-state index is 0.0596. The van der Waals surface area contributed by atoms with Gasteiger partial charge in [0.15, 0.2) is 0 Å². The van der Waals surface area contributed by atoms with Crippen molar-refractivity contribution in [1.29, 1.82) is 0 Å². The summed E-state index contributed by atoms with van der Waals surface area (Å²) in [6.45, 7) is 2.12. The van der Waals surface area contributed by atoms with Gasteiger partial charge in [-0.25, -0.2) is 5.06 Å². The highest BCUT2D eigenvalue weighted by Crippen LogP contribution is 2.11. The van der Waals surface area contributed by atoms with Crippen LogP contribution in [0.3, 0.4) is 0 Å². The molecule has 4 heteroatoms. The fraction of sp³-hybridized carbons (Fsp3) is 0.875. The molecule has 12 heavy (non-hydrogen) atoms. The summed E-state index contributed by atoms with van der Waals surface area (Å²) < 4.78 is 0. The van der Waals surface area contributed by atoms with Crippen LogP contribution < -0.4 is 5.32 Å². The molecule has 0 unspecified atom stereocenters. The van der Waals surface area contributed by atoms with Crippen molar-refractivity contribution in [3.63, 3.8) is 0 Å². The van der Waals surface area contributed by atoms with Crippen molar-refractivity contribution in [2.45, 2.75) is 12.8 Å². The SMILES string of the molecule is CON(C)C(=O)CCC1CNC1. The first-order valence-corrected chi connectivity index (χ1v) is 4.25. The monoisotopic (exact) mass is 172 g/mol. The molecular weight excluding hydrogens is 156 g/mol. The number of hydrogen-bond donors (Lipinski definition) is 1. The molecule has 1 heterocycles. The van der Waals surface area contributed by atoms with Gasteiger partial charge in [0, 0.05) is 13.5 Å². The molecule has 1 amide bonds. The molecule has 0 aromatic carbocycles. The third-order valence-electron chi connectivity index (χ3n) is 2.26. The largest absolute Gasteiger partial charge is 0.316 e. The molecule has 0 atom stereocenters. The number of amides is 1. The summed E-state index contributed by atoms with van der Waals surface area (Å²) in [6.07, 6.45) is 1.57. The highest BCUT2D eigenvalue weighted by atomic mass is 16.7. The van der Waals surface area contributed by atoms with Crippen LogP contribution in [0.25, 0.3) is 0 Å². The summed E-state index contributed by atoms with van der Waals surface area (Å²) in [6, 6.07) is 0. The van der Waals surface area contributed by atoms with Crippen LogP contribution in [0.1, 0.15) is 12.8 Å². The standard InChI is InChI=1S/C8H16N2O2/c1-10(12-2)8(11)4-3-7-5-9-6-7/h7,9H,3-6H2,1-2H3. The van der Waals surface area contributed by atoms with Gasteiger partial charge >= 0.3 is 0 Å². The van der Waals surface area contributed by atoms with E-state index in [9.17, 15) is 4.79 Å². The molecule has 1 aliphatic rings. The summed E-state index contributed by atoms with van der Waals surface area (Å²) in [5.41, 5.74) is 0. The Morgan fingerprint density at radius 1 is 1.67 bits per heavy atom. The minimum absolute atomic E-state index is 0.0596. The van der Waals surface area contributed by atoms with Crippen molar-refractivity contribution in [2.75, 3.05) is 27.2 Å². The number of carbonyl (C=O) groups is 1. The van der Waals surface area contributed by atoms with E-state index in [1.165, 1.54) is 12.2 Å². The Balaban J connectivity index is 2.08. The second kappa shape index (κ2) is 4.42. The summed E-state index contributed by atoms with van der Waals surface area (Å²) in [7, 11) is 3.14. The Morgan fingerprint density at radius 2 is 2.33 bits per heavy atom. The fourth-order valence-electron chi connectivity index (χ4n) is 1.14. The Morgan fingerprint density at radius 3 is 2.75 bits per heavy atom. The maximum Gasteiger partial charge on any atom is 0.245 e. The van der Waals surface area contributed by atoms with Crippen LogP contribution in [0.5, 0.6) is 0 Å². The Labute approximate surface area is 72.8 Å². The molecule has 0 radical (unpaired) electrons. The Kier molecular flexibility index (Phi) is 3.49. The molecule has 0 aromatic rings. The molecule has 70 valence electrons. The molecule has 1 fully saturated rings. The van der Waals surface area contributed by atoms with E-state index in [1.807, 2.05) is 0 Å². The highest BCUT2D eigenvalue weighted by Gasteiger charge is 2.18. The van der Waals surface area contributed by atoms with E-state index in [4.69, 9.17) is 4.84 Å². The lowest BCUT2D eigenvalue weighted by atomic mass is 9.97. The summed E-state index contributed by atoms with van der Waals surface area (Å²) >= 11 is 0. The van der Waals surface area contributed by atoms with Crippen LogP contribution in [0.2, 0.25) is 0 Å². The number of nitrogens with one attached hydrogen (secondary N) is 1. The van der Waals surface area contributed by atoms with E-state index in [2.05, 4.69) is 5.32 Å². The van der Waals surface area contributed by atoms with Crippen LogP contribution >= 0.6 is 0 Å². The topological polar surface area (TPSA) is 41.6 Å². The quantitative estimate of drug-likeness (QED) is 0.607. The van der Waals surface area contributed by atoms with Crippen LogP contribution in [0.4, 0.5) is 0 Å². The van der Waals surface area contributed by atoms with Crippen molar-refractivity contribution >= 4 is 5.91 Å². The van der Waals surface area contributed by atoms with Gasteiger partial charge in [0.05, 0.1) is 7.11 Å². The molecule has 1 rings (SSSR count). The van der Waals surface area contributed by atoms with Gasteiger partial charge < -0.3 is 5.32 Å². The zero-order valence-corrected chi connectivity index (χ0v) is 7.67. The molecule has 0 aromatic heterocycles. The smallest absolute Gasteiger partial charge is 0.245 e. The van der Waals surface area contributed by atoms with E-state index < -0.39 is 0 Å². The average Bonchev–Trinajstić information content (AvgIpc) is 2.00. The first kappa shape index (κ1) is 9.48. The molecule has 0 aliphatic carbocycles. The Hall–Kier alpha value is -0.610. The lowest BCUT2D eigenvalue weighted by molar-refractivity contribution is -0.169. The number of hydrogen-bond acceptors (Lipinski definition) is 3. The molecule has 4 nitrogen and oxygen atoms in total. The molecule has 1 aliphatic heterocycles. The van der Waals surface area contributed by atoms with Crippen LogP contribution in [0, 0.1) is 5.92 Å². The van der Waals surface area contributed by atoms with E-state index in [0.717, 1.165) is 19.5 Å². The lowest BCUT2D eigenvalue weighted by Gasteiger charge is -2.27. The average molecular weight is 172 g/mol. The predicted octanol–water partition coefficient (Wildman–Crippen LogP) is 0.00580. The van der Waals surface area contributed by atoms with E-state index in [0.29, 0.717) is 12.3 Å². The second-order valence-electron chi connectivity index (χ2n) is 3.14. The number of rotatable bonds is 4. The maximum absolute atomic E-state index is 11.2. The summed E-state index contributed by atoms with van der Waals surface area (Å²) in [5, 5.41) is 4.46. The molecule has 0 spiro atoms. The van der Waals surface area contributed by atoms with E-state index >= 15 is 0 Å². The van der Waals surface area contributed by atoms with Crippen molar-refractivity contribution in [1.82, 2.24) is 10.4 Å².